The van der Waals surface area contributed by atoms with Crippen molar-refractivity contribution < 1.29 is 10.0 Å². The second-order valence-electron chi connectivity index (χ2n) is 5.59. The number of nitrogens with zero attached hydrogens (tertiary/aromatic N) is 2. The molecule has 2 saturated carbocycles. The van der Waals surface area contributed by atoms with Gasteiger partial charge in [-0.25, -0.2) is 0 Å². The maximum absolute atomic E-state index is 12.2. The average Bonchev–Trinajstić information content (AvgIpc) is 3.36. The summed E-state index contributed by atoms with van der Waals surface area (Å²) in [5.41, 5.74) is 6.31. The van der Waals surface area contributed by atoms with E-state index in [9.17, 15) is 4.79 Å². The van der Waals surface area contributed by atoms with E-state index in [1.54, 1.807) is 12.1 Å². The van der Waals surface area contributed by atoms with E-state index in [-0.39, 0.29) is 11.7 Å². The van der Waals surface area contributed by atoms with E-state index in [1.807, 2.05) is 0 Å². The molecule has 6 heteroatoms. The number of nitrogens with one attached hydrogen (secondary N) is 1. The summed E-state index contributed by atoms with van der Waals surface area (Å²) in [6, 6.07) is 3.54. The van der Waals surface area contributed by atoms with Gasteiger partial charge in [0.25, 0.3) is 5.91 Å². The Bertz CT molecular complexity index is 521. The van der Waals surface area contributed by atoms with Crippen LogP contribution < -0.4 is 11.1 Å². The van der Waals surface area contributed by atoms with Gasteiger partial charge in [-0.1, -0.05) is 5.16 Å². The van der Waals surface area contributed by atoms with Crippen LogP contribution in [-0.4, -0.2) is 28.0 Å². The molecule has 0 bridgehead atoms. The Morgan fingerprint density at radius 3 is 2.45 bits per heavy atom. The van der Waals surface area contributed by atoms with E-state index < -0.39 is 0 Å². The third kappa shape index (κ3) is 2.74. The zero-order valence-corrected chi connectivity index (χ0v) is 11.1. The van der Waals surface area contributed by atoms with Crippen molar-refractivity contribution in [3.8, 4) is 0 Å². The predicted molar refractivity (Wildman–Crippen MR) is 73.5 cm³/mol. The SMILES string of the molecule is NC(=NO)c1ccc(C(=O)NC(C2CC2)C2CC2)nc1. The van der Waals surface area contributed by atoms with Gasteiger partial charge in [0.15, 0.2) is 5.84 Å². The van der Waals surface area contributed by atoms with Crippen molar-refractivity contribution in [2.24, 2.45) is 22.7 Å². The molecule has 2 aliphatic carbocycles. The average molecular weight is 274 g/mol. The van der Waals surface area contributed by atoms with Crippen LogP contribution in [0.15, 0.2) is 23.5 Å². The number of hydrogen-bond acceptors (Lipinski definition) is 4. The third-order valence-electron chi connectivity index (χ3n) is 3.96. The van der Waals surface area contributed by atoms with Gasteiger partial charge in [0, 0.05) is 17.8 Å². The molecule has 0 atom stereocenters. The maximum atomic E-state index is 12.2. The van der Waals surface area contributed by atoms with E-state index >= 15 is 0 Å². The van der Waals surface area contributed by atoms with Gasteiger partial charge in [-0.15, -0.1) is 0 Å². The van der Waals surface area contributed by atoms with Crippen molar-refractivity contribution in [1.29, 1.82) is 0 Å². The molecule has 4 N–H and O–H groups in total. The summed E-state index contributed by atoms with van der Waals surface area (Å²) in [5.74, 6) is 1.16. The first-order chi connectivity index (χ1) is 9.69. The number of hydrogen-bond donors (Lipinski definition) is 3. The molecular weight excluding hydrogens is 256 g/mol. The first-order valence-electron chi connectivity index (χ1n) is 6.94. The number of nitrogens with two attached hydrogens (primary N) is 1. The van der Waals surface area contributed by atoms with E-state index in [0.717, 1.165) is 0 Å². The predicted octanol–water partition coefficient (Wildman–Crippen LogP) is 1.09. The molecular formula is C14H18N4O2. The van der Waals surface area contributed by atoms with Gasteiger partial charge in [-0.2, -0.15) is 0 Å². The summed E-state index contributed by atoms with van der Waals surface area (Å²) in [6.07, 6.45) is 6.32. The van der Waals surface area contributed by atoms with E-state index in [4.69, 9.17) is 10.9 Å². The van der Waals surface area contributed by atoms with Gasteiger partial charge in [0.05, 0.1) is 0 Å². The summed E-state index contributed by atoms with van der Waals surface area (Å²) in [5, 5.41) is 14.6. The molecule has 0 radical (unpaired) electrons. The molecule has 0 saturated heterocycles. The second-order valence-corrected chi connectivity index (χ2v) is 5.59. The third-order valence-corrected chi connectivity index (χ3v) is 3.96. The largest absolute Gasteiger partial charge is 0.409 e. The van der Waals surface area contributed by atoms with E-state index in [0.29, 0.717) is 29.1 Å². The number of carbonyl (C=O) groups excluding carboxylic acids is 1. The van der Waals surface area contributed by atoms with Gasteiger partial charge < -0.3 is 16.3 Å². The molecule has 1 aromatic rings. The van der Waals surface area contributed by atoms with Crippen molar-refractivity contribution in [3.05, 3.63) is 29.6 Å². The fourth-order valence-corrected chi connectivity index (χ4v) is 2.49. The van der Waals surface area contributed by atoms with Gasteiger partial charge in [0.2, 0.25) is 0 Å². The Morgan fingerprint density at radius 2 is 2.00 bits per heavy atom. The van der Waals surface area contributed by atoms with Crippen molar-refractivity contribution in [2.75, 3.05) is 0 Å². The van der Waals surface area contributed by atoms with E-state index in [1.165, 1.54) is 31.9 Å². The second kappa shape index (κ2) is 5.11. The van der Waals surface area contributed by atoms with Crippen LogP contribution in [0.4, 0.5) is 0 Å². The van der Waals surface area contributed by atoms with E-state index in [2.05, 4.69) is 15.5 Å². The first-order valence-corrected chi connectivity index (χ1v) is 6.94. The number of aromatic nitrogens is 1. The van der Waals surface area contributed by atoms with Crippen LogP contribution in [0, 0.1) is 11.8 Å². The molecule has 1 aromatic heterocycles. The number of amides is 1. The minimum atomic E-state index is -0.139. The Kier molecular flexibility index (Phi) is 3.30. The van der Waals surface area contributed by atoms with Crippen molar-refractivity contribution >= 4 is 11.7 Å². The lowest BCUT2D eigenvalue weighted by molar-refractivity contribution is 0.0921. The number of rotatable bonds is 5. The molecule has 106 valence electrons. The topological polar surface area (TPSA) is 101 Å². The lowest BCUT2D eigenvalue weighted by Gasteiger charge is -2.17. The van der Waals surface area contributed by atoms with Crippen LogP contribution >= 0.6 is 0 Å². The molecule has 0 spiro atoms. The normalized spacial score (nSPS) is 19.1. The fraction of sp³-hybridized carbons (Fsp3) is 0.500. The Labute approximate surface area is 117 Å². The van der Waals surface area contributed by atoms with Gasteiger partial charge >= 0.3 is 0 Å². The van der Waals surface area contributed by atoms with Crippen LogP contribution in [0.5, 0.6) is 0 Å². The molecule has 0 unspecified atom stereocenters. The molecule has 20 heavy (non-hydrogen) atoms. The summed E-state index contributed by atoms with van der Waals surface area (Å²) < 4.78 is 0. The van der Waals surface area contributed by atoms with Gasteiger partial charge in [-0.05, 0) is 49.7 Å². The molecule has 0 aromatic carbocycles. The van der Waals surface area contributed by atoms with Crippen LogP contribution in [0.2, 0.25) is 0 Å². The van der Waals surface area contributed by atoms with Crippen LogP contribution in [-0.2, 0) is 0 Å². The van der Waals surface area contributed by atoms with Gasteiger partial charge in [-0.3, -0.25) is 9.78 Å². The molecule has 1 heterocycles. The summed E-state index contributed by atoms with van der Waals surface area (Å²) in [6.45, 7) is 0. The van der Waals surface area contributed by atoms with Crippen molar-refractivity contribution in [2.45, 2.75) is 31.7 Å². The Hall–Kier alpha value is -2.11. The minimum absolute atomic E-state index is 0.0155. The maximum Gasteiger partial charge on any atom is 0.270 e. The number of pyridine rings is 1. The highest BCUT2D eigenvalue weighted by Gasteiger charge is 2.42. The monoisotopic (exact) mass is 274 g/mol. The van der Waals surface area contributed by atoms with Crippen LogP contribution in [0.1, 0.15) is 41.7 Å². The highest BCUT2D eigenvalue weighted by Crippen LogP contribution is 2.44. The minimum Gasteiger partial charge on any atom is -0.409 e. The highest BCUT2D eigenvalue weighted by molar-refractivity contribution is 5.98. The number of carbonyl (C=O) groups is 1. The molecule has 2 fully saturated rings. The van der Waals surface area contributed by atoms with Crippen LogP contribution in [0.3, 0.4) is 0 Å². The fourth-order valence-electron chi connectivity index (χ4n) is 2.49. The highest BCUT2D eigenvalue weighted by atomic mass is 16.4. The number of oxime groups is 1. The standard InChI is InChI=1S/C14H18N4O2/c15-13(18-20)10-5-6-11(16-7-10)14(19)17-12(8-1-2-8)9-3-4-9/h5-9,12,20H,1-4H2,(H2,15,18)(H,17,19). The summed E-state index contributed by atoms with van der Waals surface area (Å²) in [4.78, 5) is 16.3. The summed E-state index contributed by atoms with van der Waals surface area (Å²) in [7, 11) is 0. The Balaban J connectivity index is 1.67. The zero-order chi connectivity index (χ0) is 14.1. The molecule has 6 nitrogen and oxygen atoms in total. The molecule has 2 aliphatic rings. The summed E-state index contributed by atoms with van der Waals surface area (Å²) >= 11 is 0. The van der Waals surface area contributed by atoms with Crippen molar-refractivity contribution in [3.63, 3.8) is 0 Å². The molecule has 0 aliphatic heterocycles. The van der Waals surface area contributed by atoms with Crippen LogP contribution in [0.25, 0.3) is 0 Å². The smallest absolute Gasteiger partial charge is 0.270 e. The molecule has 3 rings (SSSR count). The Morgan fingerprint density at radius 1 is 1.35 bits per heavy atom. The first kappa shape index (κ1) is 12.9. The van der Waals surface area contributed by atoms with Crippen molar-refractivity contribution in [1.82, 2.24) is 10.3 Å². The lowest BCUT2D eigenvalue weighted by atomic mass is 10.1. The number of amidine groups is 1. The lowest BCUT2D eigenvalue weighted by Crippen LogP contribution is -2.38. The zero-order valence-electron chi connectivity index (χ0n) is 11.1. The quantitative estimate of drug-likeness (QED) is 0.324. The van der Waals surface area contributed by atoms with Gasteiger partial charge in [0.1, 0.15) is 5.69 Å². The molecule has 1 amide bonds.